The molecule has 0 N–H and O–H groups in total. The minimum atomic E-state index is -4.15. The Morgan fingerprint density at radius 2 is 1.96 bits per heavy atom. The molecule has 1 aromatic carbocycles. The van der Waals surface area contributed by atoms with E-state index in [1.165, 1.54) is 6.07 Å². The fraction of sp³-hybridized carbons (Fsp3) is 0.267. The van der Waals surface area contributed by atoms with Crippen LogP contribution < -0.4 is 10.5 Å². The second-order valence-corrected chi connectivity index (χ2v) is 6.73. The third-order valence-electron chi connectivity index (χ3n) is 3.63. The van der Waals surface area contributed by atoms with Crippen LogP contribution in [0.25, 0.3) is 0 Å². The number of hydrogen-bond donors (Lipinski definition) is 0. The van der Waals surface area contributed by atoms with Gasteiger partial charge >= 0.3 is 5.97 Å². The average Bonchev–Trinajstić information content (AvgIpc) is 2.55. The van der Waals surface area contributed by atoms with Gasteiger partial charge < -0.3 is 9.64 Å². The highest BCUT2D eigenvalue weighted by molar-refractivity contribution is 7.90. The minimum absolute atomic E-state index is 0.00995. The maximum atomic E-state index is 12.9. The molecule has 8 nitrogen and oxygen atoms in total. The molecule has 0 unspecified atom stereocenters. The summed E-state index contributed by atoms with van der Waals surface area (Å²) in [6.07, 6.45) is 1.05. The fourth-order valence-electron chi connectivity index (χ4n) is 2.59. The van der Waals surface area contributed by atoms with Gasteiger partial charge in [-0.15, -0.1) is 0 Å². The number of carbonyl (C=O) groups is 1. The largest absolute Gasteiger partial charge is 0.462 e. The van der Waals surface area contributed by atoms with Crippen molar-refractivity contribution in [1.82, 2.24) is 8.96 Å². The number of carbonyl (C=O) groups excluding carboxylic acids is 1. The molecule has 0 saturated carbocycles. The quantitative estimate of drug-likeness (QED) is 0.766. The highest BCUT2D eigenvalue weighted by atomic mass is 32.2. The lowest BCUT2D eigenvalue weighted by atomic mass is 10.3. The smallest absolute Gasteiger partial charge is 0.345 e. The SMILES string of the molecule is CCOC(=O)c1cnc2n(c1=O)S(=O)(=O)c1ccccc1N2CC. The first-order chi connectivity index (χ1) is 11.4. The van der Waals surface area contributed by atoms with Gasteiger partial charge in [0.2, 0.25) is 5.95 Å². The standard InChI is InChI=1S/C15H15N3O5S/c1-3-17-11-7-5-6-8-12(11)24(21,22)18-13(19)10(9-16-15(17)18)14(20)23-4-2/h5-9H,3-4H2,1-2H3. The van der Waals surface area contributed by atoms with Crippen LogP contribution in [0.15, 0.2) is 40.2 Å². The zero-order valence-electron chi connectivity index (χ0n) is 13.1. The lowest BCUT2D eigenvalue weighted by Crippen LogP contribution is -2.41. The van der Waals surface area contributed by atoms with E-state index in [2.05, 4.69) is 4.98 Å². The first kappa shape index (κ1) is 16.2. The zero-order valence-corrected chi connectivity index (χ0v) is 13.9. The predicted octanol–water partition coefficient (Wildman–Crippen LogP) is 1.13. The first-order valence-corrected chi connectivity index (χ1v) is 8.78. The third kappa shape index (κ3) is 2.20. The zero-order chi connectivity index (χ0) is 17.5. The van der Waals surface area contributed by atoms with Crippen LogP contribution >= 0.6 is 0 Å². The van der Waals surface area contributed by atoms with Crippen LogP contribution in [0, 0.1) is 0 Å². The van der Waals surface area contributed by atoms with Crippen molar-refractivity contribution < 1.29 is 17.9 Å². The first-order valence-electron chi connectivity index (χ1n) is 7.34. The number of rotatable bonds is 3. The summed E-state index contributed by atoms with van der Waals surface area (Å²) in [5.74, 6) is -0.948. The van der Waals surface area contributed by atoms with Crippen LogP contribution in [-0.4, -0.2) is 36.5 Å². The molecule has 24 heavy (non-hydrogen) atoms. The van der Waals surface area contributed by atoms with E-state index in [9.17, 15) is 18.0 Å². The number of ether oxygens (including phenoxy) is 1. The van der Waals surface area contributed by atoms with E-state index in [1.807, 2.05) is 6.92 Å². The summed E-state index contributed by atoms with van der Waals surface area (Å²) in [6, 6.07) is 6.34. The lowest BCUT2D eigenvalue weighted by molar-refractivity contribution is 0.0523. The second kappa shape index (κ2) is 5.75. The molecule has 1 aliphatic rings. The molecule has 9 heteroatoms. The Hall–Kier alpha value is -2.68. The van der Waals surface area contributed by atoms with Crippen LogP contribution in [-0.2, 0) is 14.8 Å². The van der Waals surface area contributed by atoms with Gasteiger partial charge in [-0.3, -0.25) is 4.79 Å². The Balaban J connectivity index is 2.34. The van der Waals surface area contributed by atoms with Crippen LogP contribution in [0.2, 0.25) is 0 Å². The molecular formula is C15H15N3O5S. The number of aromatic nitrogens is 2. The van der Waals surface area contributed by atoms with Gasteiger partial charge in [0.05, 0.1) is 18.5 Å². The maximum absolute atomic E-state index is 12.9. The van der Waals surface area contributed by atoms with Crippen molar-refractivity contribution in [2.45, 2.75) is 18.7 Å². The molecule has 0 fully saturated rings. The Morgan fingerprint density at radius 3 is 2.62 bits per heavy atom. The van der Waals surface area contributed by atoms with Crippen molar-refractivity contribution in [1.29, 1.82) is 0 Å². The second-order valence-electron chi connectivity index (χ2n) is 4.98. The number of benzene rings is 1. The van der Waals surface area contributed by atoms with Gasteiger partial charge in [-0.25, -0.2) is 18.2 Å². The monoisotopic (exact) mass is 349 g/mol. The molecule has 0 radical (unpaired) electrons. The van der Waals surface area contributed by atoms with Crippen LogP contribution in [0.3, 0.4) is 0 Å². The molecule has 1 aromatic heterocycles. The van der Waals surface area contributed by atoms with E-state index in [0.717, 1.165) is 6.20 Å². The van der Waals surface area contributed by atoms with Crippen molar-refractivity contribution >= 4 is 27.6 Å². The third-order valence-corrected chi connectivity index (χ3v) is 5.34. The number of para-hydroxylation sites is 1. The topological polar surface area (TPSA) is 98.6 Å². The molecule has 0 amide bonds. The van der Waals surface area contributed by atoms with E-state index >= 15 is 0 Å². The number of hydrogen-bond acceptors (Lipinski definition) is 7. The summed E-state index contributed by atoms with van der Waals surface area (Å²) in [4.78, 5) is 30.1. The Bertz CT molecular complexity index is 981. The van der Waals surface area contributed by atoms with E-state index in [4.69, 9.17) is 4.74 Å². The van der Waals surface area contributed by atoms with Crippen molar-refractivity contribution in [2.24, 2.45) is 0 Å². The molecule has 0 saturated heterocycles. The average molecular weight is 349 g/mol. The maximum Gasteiger partial charge on any atom is 0.345 e. The molecule has 0 aliphatic carbocycles. The van der Waals surface area contributed by atoms with E-state index < -0.39 is 27.1 Å². The predicted molar refractivity (Wildman–Crippen MR) is 86.2 cm³/mol. The number of esters is 1. The lowest BCUT2D eigenvalue weighted by Gasteiger charge is -2.31. The normalized spacial score (nSPS) is 14.7. The Kier molecular flexibility index (Phi) is 3.88. The van der Waals surface area contributed by atoms with E-state index in [0.29, 0.717) is 16.2 Å². The summed E-state index contributed by atoms with van der Waals surface area (Å²) in [5.41, 5.74) is -0.943. The number of anilines is 2. The van der Waals surface area contributed by atoms with Gasteiger partial charge in [-0.05, 0) is 26.0 Å². The van der Waals surface area contributed by atoms with Crippen LogP contribution in [0.1, 0.15) is 24.2 Å². The molecule has 0 atom stereocenters. The highest BCUT2D eigenvalue weighted by Gasteiger charge is 2.36. The summed E-state index contributed by atoms with van der Waals surface area (Å²) >= 11 is 0. The van der Waals surface area contributed by atoms with Crippen molar-refractivity contribution in [3.05, 3.63) is 46.4 Å². The van der Waals surface area contributed by atoms with Crippen LogP contribution in [0.4, 0.5) is 11.6 Å². The molecule has 3 rings (SSSR count). The van der Waals surface area contributed by atoms with E-state index in [-0.39, 0.29) is 17.5 Å². The summed E-state index contributed by atoms with van der Waals surface area (Å²) in [7, 11) is -4.15. The highest BCUT2D eigenvalue weighted by Crippen LogP contribution is 2.36. The molecule has 1 aliphatic heterocycles. The van der Waals surface area contributed by atoms with Gasteiger partial charge in [0.15, 0.2) is 0 Å². The Labute approximate surface area is 138 Å². The van der Waals surface area contributed by atoms with Crippen molar-refractivity contribution in [2.75, 3.05) is 18.1 Å². The van der Waals surface area contributed by atoms with Gasteiger partial charge in [0.1, 0.15) is 10.5 Å². The fourth-order valence-corrected chi connectivity index (χ4v) is 4.16. The molecule has 0 bridgehead atoms. The minimum Gasteiger partial charge on any atom is -0.462 e. The van der Waals surface area contributed by atoms with Crippen molar-refractivity contribution in [3.63, 3.8) is 0 Å². The van der Waals surface area contributed by atoms with Crippen molar-refractivity contribution in [3.8, 4) is 0 Å². The molecule has 2 aromatic rings. The molecule has 0 spiro atoms. The Morgan fingerprint density at radius 1 is 1.25 bits per heavy atom. The number of nitrogens with zero attached hydrogens (tertiary/aromatic N) is 3. The molecule has 126 valence electrons. The van der Waals surface area contributed by atoms with Gasteiger partial charge in [-0.1, -0.05) is 12.1 Å². The molecular weight excluding hydrogens is 334 g/mol. The summed E-state index contributed by atoms with van der Waals surface area (Å²) in [6.45, 7) is 3.87. The van der Waals surface area contributed by atoms with Gasteiger partial charge in [-0.2, -0.15) is 3.97 Å². The van der Waals surface area contributed by atoms with E-state index in [1.54, 1.807) is 30.0 Å². The summed E-state index contributed by atoms with van der Waals surface area (Å²) < 4.78 is 31.1. The van der Waals surface area contributed by atoms with Gasteiger partial charge in [0, 0.05) is 6.54 Å². The van der Waals surface area contributed by atoms with Crippen LogP contribution in [0.5, 0.6) is 0 Å². The van der Waals surface area contributed by atoms with Gasteiger partial charge in [0.25, 0.3) is 15.6 Å². The summed E-state index contributed by atoms with van der Waals surface area (Å²) in [5, 5.41) is 0. The number of fused-ring (bicyclic) bond motifs is 2. The molecule has 2 heterocycles.